The molecular weight excluding hydrogens is 378 g/mol. The lowest BCUT2D eigenvalue weighted by molar-refractivity contribution is -0.384. The van der Waals surface area contributed by atoms with Gasteiger partial charge in [0, 0.05) is 43.9 Å². The van der Waals surface area contributed by atoms with Gasteiger partial charge in [0.05, 0.1) is 16.3 Å². The van der Waals surface area contributed by atoms with Gasteiger partial charge in [0.1, 0.15) is 22.4 Å². The lowest BCUT2D eigenvalue weighted by atomic mass is 10.1. The number of fused-ring (bicyclic) bond motifs is 2. The zero-order valence-electron chi connectivity index (χ0n) is 14.4. The Bertz CT molecular complexity index is 990. The summed E-state index contributed by atoms with van der Waals surface area (Å²) in [5.74, 6) is -1.40. The van der Waals surface area contributed by atoms with Crippen LogP contribution in [0.2, 0.25) is 5.02 Å². The van der Waals surface area contributed by atoms with Crippen LogP contribution in [-0.4, -0.2) is 35.8 Å². The van der Waals surface area contributed by atoms with Crippen molar-refractivity contribution in [2.24, 2.45) is 4.99 Å². The highest BCUT2D eigenvalue weighted by Gasteiger charge is 2.30. The monoisotopic (exact) mass is 392 g/mol. The number of amidine groups is 1. The standard InChI is InChI=1S/C18H15ClF2N4O2/c1-23-13-5-4-10(25(26)27)8-11(13)18(24-6-2-3-7-24)22-17-14(23)9-12(20)15(19)16(17)21/h4-5,8-9H,2-3,6-7H2,1H3. The molecule has 9 heteroatoms. The van der Waals surface area contributed by atoms with E-state index >= 15 is 0 Å². The van der Waals surface area contributed by atoms with Gasteiger partial charge in [-0.05, 0) is 18.9 Å². The lowest BCUT2D eigenvalue weighted by Crippen LogP contribution is -2.29. The molecule has 1 saturated heterocycles. The van der Waals surface area contributed by atoms with Gasteiger partial charge in [-0.1, -0.05) is 11.6 Å². The number of nitro groups is 1. The van der Waals surface area contributed by atoms with Crippen LogP contribution in [0, 0.1) is 21.7 Å². The number of halogens is 3. The van der Waals surface area contributed by atoms with E-state index in [0.717, 1.165) is 18.9 Å². The molecule has 0 bridgehead atoms. The number of likely N-dealkylation sites (tertiary alicyclic amines) is 1. The van der Waals surface area contributed by atoms with Gasteiger partial charge in [-0.3, -0.25) is 10.1 Å². The second-order valence-electron chi connectivity index (χ2n) is 6.50. The molecule has 4 rings (SSSR count). The largest absolute Gasteiger partial charge is 0.356 e. The van der Waals surface area contributed by atoms with E-state index in [2.05, 4.69) is 4.99 Å². The highest BCUT2D eigenvalue weighted by Crippen LogP contribution is 2.44. The third-order valence-electron chi connectivity index (χ3n) is 4.89. The second-order valence-corrected chi connectivity index (χ2v) is 6.88. The third-order valence-corrected chi connectivity index (χ3v) is 5.24. The fourth-order valence-electron chi connectivity index (χ4n) is 3.51. The summed E-state index contributed by atoms with van der Waals surface area (Å²) in [4.78, 5) is 18.8. The number of hydrogen-bond donors (Lipinski definition) is 0. The molecule has 0 radical (unpaired) electrons. The molecule has 0 atom stereocenters. The number of hydrogen-bond acceptors (Lipinski definition) is 5. The SMILES string of the molecule is CN1c2ccc([N+](=O)[O-])cc2C(N2CCCC2)=Nc2c1cc(F)c(Cl)c2F. The Balaban J connectivity index is 2.03. The molecule has 27 heavy (non-hydrogen) atoms. The molecule has 2 aromatic carbocycles. The molecule has 0 unspecified atom stereocenters. The molecule has 2 aliphatic rings. The average Bonchev–Trinajstić information content (AvgIpc) is 3.15. The van der Waals surface area contributed by atoms with E-state index in [9.17, 15) is 18.9 Å². The number of benzene rings is 2. The summed E-state index contributed by atoms with van der Waals surface area (Å²) in [5.41, 5.74) is 1.11. The van der Waals surface area contributed by atoms with Crippen molar-refractivity contribution in [2.75, 3.05) is 25.0 Å². The van der Waals surface area contributed by atoms with Gasteiger partial charge in [-0.25, -0.2) is 13.8 Å². The summed E-state index contributed by atoms with van der Waals surface area (Å²) < 4.78 is 28.8. The first kappa shape index (κ1) is 17.7. The Morgan fingerprint density at radius 3 is 2.56 bits per heavy atom. The molecule has 1 fully saturated rings. The van der Waals surface area contributed by atoms with Crippen LogP contribution < -0.4 is 4.90 Å². The van der Waals surface area contributed by atoms with Crippen molar-refractivity contribution in [1.29, 1.82) is 0 Å². The Morgan fingerprint density at radius 1 is 1.19 bits per heavy atom. The fraction of sp³-hybridized carbons (Fsp3) is 0.278. The Hall–Kier alpha value is -2.74. The molecule has 0 amide bonds. The first-order valence-corrected chi connectivity index (χ1v) is 8.80. The summed E-state index contributed by atoms with van der Waals surface area (Å²) >= 11 is 5.76. The number of anilines is 2. The van der Waals surface area contributed by atoms with E-state index in [1.807, 2.05) is 4.90 Å². The summed E-state index contributed by atoms with van der Waals surface area (Å²) in [5, 5.41) is 10.6. The minimum Gasteiger partial charge on any atom is -0.356 e. The first-order chi connectivity index (χ1) is 12.9. The van der Waals surface area contributed by atoms with Crippen molar-refractivity contribution < 1.29 is 13.7 Å². The average molecular weight is 393 g/mol. The normalized spacial score (nSPS) is 15.9. The van der Waals surface area contributed by atoms with E-state index in [1.54, 1.807) is 18.0 Å². The Kier molecular flexibility index (Phi) is 4.22. The van der Waals surface area contributed by atoms with Gasteiger partial charge in [0.15, 0.2) is 5.82 Å². The molecule has 0 N–H and O–H groups in total. The molecule has 140 valence electrons. The quantitative estimate of drug-likeness (QED) is 0.398. The molecule has 2 aliphatic heterocycles. The van der Waals surface area contributed by atoms with Crippen molar-refractivity contribution >= 4 is 40.2 Å². The van der Waals surface area contributed by atoms with E-state index in [-0.39, 0.29) is 17.1 Å². The van der Waals surface area contributed by atoms with Crippen molar-refractivity contribution in [2.45, 2.75) is 12.8 Å². The minimum absolute atomic E-state index is 0.0790. The molecule has 6 nitrogen and oxygen atoms in total. The van der Waals surface area contributed by atoms with E-state index in [0.29, 0.717) is 30.2 Å². The van der Waals surface area contributed by atoms with Crippen molar-refractivity contribution in [3.8, 4) is 0 Å². The smallest absolute Gasteiger partial charge is 0.270 e. The van der Waals surface area contributed by atoms with Crippen LogP contribution in [0.3, 0.4) is 0 Å². The van der Waals surface area contributed by atoms with Crippen molar-refractivity contribution in [3.63, 3.8) is 0 Å². The summed E-state index contributed by atoms with van der Waals surface area (Å²) in [7, 11) is 1.64. The Labute approximate surface area is 158 Å². The van der Waals surface area contributed by atoms with Crippen LogP contribution in [0.25, 0.3) is 0 Å². The van der Waals surface area contributed by atoms with Gasteiger partial charge in [-0.15, -0.1) is 0 Å². The summed E-state index contributed by atoms with van der Waals surface area (Å²) in [6.45, 7) is 1.41. The predicted molar refractivity (Wildman–Crippen MR) is 99.5 cm³/mol. The van der Waals surface area contributed by atoms with Crippen molar-refractivity contribution in [3.05, 3.63) is 56.6 Å². The van der Waals surface area contributed by atoms with Gasteiger partial charge in [0.25, 0.3) is 5.69 Å². The van der Waals surface area contributed by atoms with Gasteiger partial charge in [0.2, 0.25) is 0 Å². The van der Waals surface area contributed by atoms with Crippen molar-refractivity contribution in [1.82, 2.24) is 4.90 Å². The predicted octanol–water partition coefficient (Wildman–Crippen LogP) is 4.78. The third kappa shape index (κ3) is 2.80. The summed E-state index contributed by atoms with van der Waals surface area (Å²) in [6, 6.07) is 5.48. The highest BCUT2D eigenvalue weighted by atomic mass is 35.5. The lowest BCUT2D eigenvalue weighted by Gasteiger charge is -2.23. The highest BCUT2D eigenvalue weighted by molar-refractivity contribution is 6.31. The van der Waals surface area contributed by atoms with E-state index in [4.69, 9.17) is 11.6 Å². The van der Waals surface area contributed by atoms with E-state index in [1.165, 1.54) is 12.1 Å². The molecule has 0 saturated carbocycles. The van der Waals surface area contributed by atoms with Gasteiger partial charge < -0.3 is 9.80 Å². The molecule has 0 aromatic heterocycles. The number of nitrogens with zero attached hydrogens (tertiary/aromatic N) is 4. The van der Waals surface area contributed by atoms with Crippen LogP contribution >= 0.6 is 11.6 Å². The van der Waals surface area contributed by atoms with Gasteiger partial charge >= 0.3 is 0 Å². The van der Waals surface area contributed by atoms with Gasteiger partial charge in [-0.2, -0.15) is 0 Å². The first-order valence-electron chi connectivity index (χ1n) is 8.42. The number of aliphatic imine (C=N–C) groups is 1. The second kappa shape index (κ2) is 6.45. The molecular formula is C18H15ClF2N4O2. The number of rotatable bonds is 1. The maximum Gasteiger partial charge on any atom is 0.270 e. The Morgan fingerprint density at radius 2 is 1.89 bits per heavy atom. The van der Waals surface area contributed by atoms with E-state index < -0.39 is 21.6 Å². The molecule has 2 aromatic rings. The van der Waals surface area contributed by atoms with Crippen LogP contribution in [0.4, 0.5) is 31.5 Å². The molecule has 0 aliphatic carbocycles. The minimum atomic E-state index is -0.947. The van der Waals surface area contributed by atoms with Crippen LogP contribution in [0.5, 0.6) is 0 Å². The van der Waals surface area contributed by atoms with Crippen LogP contribution in [0.1, 0.15) is 18.4 Å². The zero-order valence-corrected chi connectivity index (χ0v) is 15.1. The van der Waals surface area contributed by atoms with Crippen LogP contribution in [0.15, 0.2) is 29.3 Å². The summed E-state index contributed by atoms with van der Waals surface area (Å²) in [6.07, 6.45) is 1.89. The number of non-ortho nitro benzene ring substituents is 1. The molecule has 0 spiro atoms. The molecule has 2 heterocycles. The van der Waals surface area contributed by atoms with Crippen LogP contribution in [-0.2, 0) is 0 Å². The fourth-order valence-corrected chi connectivity index (χ4v) is 3.65. The topological polar surface area (TPSA) is 62.0 Å². The maximum atomic E-state index is 14.8. The zero-order chi connectivity index (χ0) is 19.3. The number of nitro benzene ring substituents is 1. The maximum absolute atomic E-state index is 14.8.